The molecule has 0 spiro atoms. The lowest BCUT2D eigenvalue weighted by atomic mass is 10.1. The second-order valence-corrected chi connectivity index (χ2v) is 12.8. The van der Waals surface area contributed by atoms with E-state index in [1.807, 2.05) is 6.07 Å². The second kappa shape index (κ2) is 11.2. The molecule has 4 aliphatic rings. The molecule has 42 heavy (non-hydrogen) atoms. The Labute approximate surface area is 250 Å². The first-order valence-corrected chi connectivity index (χ1v) is 15.6. The number of hydrogen-bond acceptors (Lipinski definition) is 10. The van der Waals surface area contributed by atoms with Crippen LogP contribution in [0.5, 0.6) is 5.75 Å². The molecular formula is C29H33ClFN7O3S. The number of ether oxygens (including phenoxy) is 2. The molecule has 222 valence electrons. The summed E-state index contributed by atoms with van der Waals surface area (Å²) in [6, 6.07) is 2.16. The Balaban J connectivity index is 1.41. The number of nitrogens with one attached hydrogen (secondary N) is 2. The first kappa shape index (κ1) is 27.8. The molecule has 0 saturated carbocycles. The highest BCUT2D eigenvalue weighted by atomic mass is 35.5. The SMILES string of the molecule is C=C/C(F)=c1/sc(N)n/c1=C\c1c(Cl)cc2c(N3CC4CCC(C3)N4)nc(=O)n3c2c1OCC3COC1CCCNC1. The molecule has 2 aromatic heterocycles. The number of nitrogen functional groups attached to an aromatic ring is 1. The first-order chi connectivity index (χ1) is 20.4. The fourth-order valence-electron chi connectivity index (χ4n) is 6.60. The van der Waals surface area contributed by atoms with Crippen molar-refractivity contribution in [3.05, 3.63) is 49.7 Å². The number of nitrogens with two attached hydrogens (primary N) is 1. The third-order valence-corrected chi connectivity index (χ3v) is 9.78. The van der Waals surface area contributed by atoms with Gasteiger partial charge in [0.25, 0.3) is 0 Å². The fraction of sp³-hybridized carbons (Fsp3) is 0.483. The summed E-state index contributed by atoms with van der Waals surface area (Å²) in [5.74, 6) is 0.502. The van der Waals surface area contributed by atoms with Gasteiger partial charge in [-0.3, -0.25) is 4.57 Å². The quantitative estimate of drug-likeness (QED) is 0.382. The van der Waals surface area contributed by atoms with Gasteiger partial charge in [0.15, 0.2) is 10.9 Å². The van der Waals surface area contributed by atoms with Gasteiger partial charge in [0.2, 0.25) is 0 Å². The van der Waals surface area contributed by atoms with E-state index in [2.05, 4.69) is 32.1 Å². The molecule has 3 saturated heterocycles. The van der Waals surface area contributed by atoms with Gasteiger partial charge < -0.3 is 30.7 Å². The van der Waals surface area contributed by atoms with E-state index in [1.165, 1.54) is 0 Å². The van der Waals surface area contributed by atoms with Crippen LogP contribution in [0.2, 0.25) is 5.02 Å². The maximum absolute atomic E-state index is 14.7. The summed E-state index contributed by atoms with van der Waals surface area (Å²) < 4.78 is 29.3. The van der Waals surface area contributed by atoms with Crippen LogP contribution in [0.1, 0.15) is 37.3 Å². The molecule has 3 fully saturated rings. The van der Waals surface area contributed by atoms with E-state index in [0.29, 0.717) is 51.7 Å². The lowest BCUT2D eigenvalue weighted by Crippen LogP contribution is -2.52. The monoisotopic (exact) mass is 613 g/mol. The lowest BCUT2D eigenvalue weighted by molar-refractivity contribution is 0.00709. The van der Waals surface area contributed by atoms with Gasteiger partial charge in [0.05, 0.1) is 39.2 Å². The van der Waals surface area contributed by atoms with Crippen LogP contribution in [0.3, 0.4) is 0 Å². The highest BCUT2D eigenvalue weighted by molar-refractivity contribution is 7.13. The Morgan fingerprint density at radius 3 is 2.86 bits per heavy atom. The third-order valence-electron chi connectivity index (χ3n) is 8.56. The van der Waals surface area contributed by atoms with Crippen molar-refractivity contribution < 1.29 is 13.9 Å². The molecule has 3 aromatic rings. The van der Waals surface area contributed by atoms with E-state index >= 15 is 0 Å². The molecule has 0 aliphatic carbocycles. The molecule has 1 aromatic carbocycles. The number of aromatic nitrogens is 3. The van der Waals surface area contributed by atoms with Crippen molar-refractivity contribution in [1.82, 2.24) is 25.2 Å². The summed E-state index contributed by atoms with van der Waals surface area (Å²) in [7, 11) is 0. The Kier molecular flexibility index (Phi) is 7.43. The summed E-state index contributed by atoms with van der Waals surface area (Å²) in [4.78, 5) is 25.0. The van der Waals surface area contributed by atoms with E-state index in [9.17, 15) is 9.18 Å². The van der Waals surface area contributed by atoms with E-state index in [-0.39, 0.29) is 34.1 Å². The molecule has 4 unspecified atom stereocenters. The number of nitrogens with zero attached hydrogens (tertiary/aromatic N) is 4. The number of piperidine rings is 1. The van der Waals surface area contributed by atoms with Gasteiger partial charge in [-0.25, -0.2) is 14.2 Å². The number of hydrogen-bond donors (Lipinski definition) is 3. The van der Waals surface area contributed by atoms with Crippen molar-refractivity contribution in [3.63, 3.8) is 0 Å². The van der Waals surface area contributed by atoms with Gasteiger partial charge in [0.1, 0.15) is 18.3 Å². The predicted molar refractivity (Wildman–Crippen MR) is 164 cm³/mol. The van der Waals surface area contributed by atoms with Crippen LogP contribution in [0.25, 0.3) is 22.8 Å². The zero-order valence-electron chi connectivity index (χ0n) is 23.1. The number of anilines is 2. The molecule has 4 atom stereocenters. The number of rotatable bonds is 6. The van der Waals surface area contributed by atoms with Gasteiger partial charge in [-0.1, -0.05) is 29.5 Å². The number of thiazole rings is 1. The van der Waals surface area contributed by atoms with Gasteiger partial charge in [-0.05, 0) is 50.4 Å². The molecule has 10 nitrogen and oxygen atoms in total. The summed E-state index contributed by atoms with van der Waals surface area (Å²) in [5, 5.41) is 8.64. The summed E-state index contributed by atoms with van der Waals surface area (Å²) in [6.45, 7) is 7.32. The van der Waals surface area contributed by atoms with Crippen LogP contribution in [-0.4, -0.2) is 72.1 Å². The van der Waals surface area contributed by atoms with E-state index in [1.54, 1.807) is 10.6 Å². The third kappa shape index (κ3) is 4.98. The topological polar surface area (TPSA) is 120 Å². The minimum Gasteiger partial charge on any atom is -0.488 e. The van der Waals surface area contributed by atoms with Crippen LogP contribution in [0.4, 0.5) is 15.3 Å². The molecule has 4 aliphatic heterocycles. The number of benzene rings is 1. The molecule has 4 N–H and O–H groups in total. The number of allylic oxidation sites excluding steroid dienone is 1. The van der Waals surface area contributed by atoms with Crippen LogP contribution >= 0.6 is 22.9 Å². The summed E-state index contributed by atoms with van der Waals surface area (Å²) in [6.07, 6.45) is 7.06. The smallest absolute Gasteiger partial charge is 0.350 e. The molecule has 13 heteroatoms. The average Bonchev–Trinajstić information content (AvgIpc) is 3.54. The van der Waals surface area contributed by atoms with Crippen molar-refractivity contribution in [2.75, 3.05) is 50.0 Å². The van der Waals surface area contributed by atoms with Gasteiger partial charge in [-0.2, -0.15) is 4.98 Å². The normalized spacial score (nSPS) is 26.4. The van der Waals surface area contributed by atoms with Gasteiger partial charge in [-0.15, -0.1) is 0 Å². The second-order valence-electron chi connectivity index (χ2n) is 11.4. The van der Waals surface area contributed by atoms with Crippen LogP contribution in [-0.2, 0) is 4.74 Å². The van der Waals surface area contributed by atoms with Crippen molar-refractivity contribution >= 4 is 56.7 Å². The highest BCUT2D eigenvalue weighted by Gasteiger charge is 2.36. The zero-order chi connectivity index (χ0) is 29.0. The molecule has 0 radical (unpaired) electrons. The number of halogens is 2. The Morgan fingerprint density at radius 1 is 1.31 bits per heavy atom. The number of piperazine rings is 1. The Bertz CT molecular complexity index is 1730. The maximum atomic E-state index is 14.7. The minimum atomic E-state index is -0.534. The maximum Gasteiger partial charge on any atom is 0.350 e. The van der Waals surface area contributed by atoms with Gasteiger partial charge >= 0.3 is 5.69 Å². The molecule has 6 heterocycles. The Hall–Kier alpha value is -3.03. The van der Waals surface area contributed by atoms with Crippen molar-refractivity contribution in [3.8, 4) is 5.75 Å². The van der Waals surface area contributed by atoms with Crippen LogP contribution in [0, 0.1) is 0 Å². The van der Waals surface area contributed by atoms with Crippen molar-refractivity contribution in [1.29, 1.82) is 0 Å². The summed E-state index contributed by atoms with van der Waals surface area (Å²) >= 11 is 7.97. The van der Waals surface area contributed by atoms with E-state index in [0.717, 1.165) is 74.7 Å². The van der Waals surface area contributed by atoms with E-state index < -0.39 is 5.83 Å². The standard InChI is InChI=1S/C29H33ClFN7O3S/c1-2-22(31)26-23(35-28(32)42-26)9-19-21(30)8-20-24-25(19)41-14-17(13-40-18-4-3-7-33-10-18)38(24)29(39)36-27(20)37-11-15-5-6-16(12-37)34-15/h2,8-9,15-18,33-34H,1,3-7,10-14H2,(H2,32,35)/b23-9-,26-22-. The lowest BCUT2D eigenvalue weighted by Gasteiger charge is -2.36. The fourth-order valence-corrected chi connectivity index (χ4v) is 7.60. The van der Waals surface area contributed by atoms with Gasteiger partial charge in [0, 0.05) is 42.7 Å². The largest absolute Gasteiger partial charge is 0.488 e. The van der Waals surface area contributed by atoms with Crippen LogP contribution in [0.15, 0.2) is 23.5 Å². The zero-order valence-corrected chi connectivity index (χ0v) is 24.6. The highest BCUT2D eigenvalue weighted by Crippen LogP contribution is 2.42. The molecule has 2 bridgehead atoms. The number of fused-ring (bicyclic) bond motifs is 2. The molecule has 7 rings (SSSR count). The minimum absolute atomic E-state index is 0.0774. The van der Waals surface area contributed by atoms with Crippen LogP contribution < -0.4 is 41.6 Å². The van der Waals surface area contributed by atoms with Crippen molar-refractivity contribution in [2.45, 2.75) is 49.9 Å². The molecular weight excluding hydrogens is 581 g/mol. The first-order valence-electron chi connectivity index (χ1n) is 14.4. The Morgan fingerprint density at radius 2 is 2.12 bits per heavy atom. The van der Waals surface area contributed by atoms with E-state index in [4.69, 9.17) is 26.8 Å². The average molecular weight is 614 g/mol. The predicted octanol–water partition coefficient (Wildman–Crippen LogP) is 1.82. The molecule has 0 amide bonds. The summed E-state index contributed by atoms with van der Waals surface area (Å²) in [5.41, 5.74) is 6.69. The van der Waals surface area contributed by atoms with Crippen molar-refractivity contribution in [2.24, 2.45) is 0 Å².